The van der Waals surface area contributed by atoms with Crippen LogP contribution in [-0.2, 0) is 0 Å². The third-order valence-electron chi connectivity index (χ3n) is 18.1. The van der Waals surface area contributed by atoms with Crippen LogP contribution in [0.2, 0.25) is 0 Å². The minimum atomic E-state index is -2.67. The van der Waals surface area contributed by atoms with Gasteiger partial charge in [0.15, 0.2) is 11.4 Å². The Hall–Kier alpha value is -7.09. The largest absolute Gasteiger partial charge is 0.780 e. The molecule has 0 N–H and O–H groups in total. The van der Waals surface area contributed by atoms with Crippen molar-refractivity contribution in [2.75, 3.05) is 0 Å². The summed E-state index contributed by atoms with van der Waals surface area (Å²) >= 11 is 15.1. The lowest BCUT2D eigenvalue weighted by atomic mass is 9.76. The van der Waals surface area contributed by atoms with Gasteiger partial charge in [0.1, 0.15) is 11.4 Å². The Morgan fingerprint density at radius 1 is 0.383 bits per heavy atom. The smallest absolute Gasteiger partial charge is 0.601 e. The molecule has 0 aliphatic carbocycles. The summed E-state index contributed by atoms with van der Waals surface area (Å²) in [6.45, 7) is 14.8. The molecule has 8 heterocycles. The lowest BCUT2D eigenvalue weighted by Crippen LogP contribution is -2.67. The number of nitrogens with zero attached hydrogens (tertiary/aromatic N) is 4. The molecule has 8 aromatic carbocycles. The zero-order valence-electron chi connectivity index (χ0n) is 45.9. The van der Waals surface area contributed by atoms with E-state index < -0.39 is 13.6 Å². The fourth-order valence-corrected chi connectivity index (χ4v) is 16.8. The number of hydrogen-bond donors (Lipinski definition) is 0. The maximum Gasteiger partial charge on any atom is 0.780 e. The van der Waals surface area contributed by atoms with Crippen molar-refractivity contribution in [2.45, 2.75) is 62.3 Å². The molecule has 8 nitrogen and oxygen atoms in total. The number of rotatable bonds is 1. The van der Waals surface area contributed by atoms with Crippen LogP contribution >= 0.6 is 63.7 Å². The normalized spacial score (nSPS) is 17.1. The van der Waals surface area contributed by atoms with Gasteiger partial charge < -0.3 is 36.5 Å². The topological polar surface area (TPSA) is 52.8 Å². The van der Waals surface area contributed by atoms with Crippen LogP contribution in [0.25, 0.3) is 76.5 Å². The molecule has 0 saturated carbocycles. The lowest BCUT2D eigenvalue weighted by molar-refractivity contribution is -0.373. The second-order valence-corrected chi connectivity index (χ2v) is 26.5. The summed E-state index contributed by atoms with van der Waals surface area (Å²) < 4.78 is 45.5. The molecule has 16 rings (SSSR count). The molecule has 2 aromatic heterocycles. The zero-order chi connectivity index (χ0) is 55.6. The molecule has 2 spiro atoms. The van der Waals surface area contributed by atoms with Gasteiger partial charge in [0, 0.05) is 88.2 Å². The molecule has 0 amide bonds. The van der Waals surface area contributed by atoms with Gasteiger partial charge in [0.25, 0.3) is 0 Å². The van der Waals surface area contributed by atoms with Gasteiger partial charge in [-0.05, 0) is 199 Å². The van der Waals surface area contributed by atoms with Gasteiger partial charge in [-0.1, -0.05) is 112 Å². The van der Waals surface area contributed by atoms with Crippen molar-refractivity contribution in [1.82, 2.24) is 8.96 Å². The fraction of sp³-hybridized carbons (Fsp3) is 0.134. The zero-order valence-corrected chi connectivity index (χ0v) is 52.2. The molecule has 6 aliphatic rings. The van der Waals surface area contributed by atoms with Gasteiger partial charge in [0.2, 0.25) is 0 Å². The third-order valence-corrected chi connectivity index (χ3v) is 20.1. The number of benzene rings is 8. The Labute approximate surface area is 502 Å². The maximum absolute atomic E-state index is 8.02. The molecular formula is C67H50B2Br4N4O4. The minimum Gasteiger partial charge on any atom is -0.601 e. The molecule has 10 aromatic rings. The van der Waals surface area contributed by atoms with Crippen molar-refractivity contribution in [2.24, 2.45) is 0 Å². The SMILES string of the molecule is CC1=CC(C)=[N+]2C1=C(C1=C(C)C3=C(C)c4c(C)cc(C)n4[B-]4(Oc5ccc6cc(Br)ccc6c5-c5c(ccc6cc(Br)ccc56)O4)[N+]3=C1C)c1c(C)cc(C)n1[B-]21Oc2ccc3cc(Br)ccc3c2-c2c(ccc3cc(Br)ccc23)O1. The van der Waals surface area contributed by atoms with Gasteiger partial charge in [-0.25, -0.2) is 0 Å². The van der Waals surface area contributed by atoms with Gasteiger partial charge in [-0.15, -0.1) is 0 Å². The van der Waals surface area contributed by atoms with Crippen LogP contribution in [0.1, 0.15) is 68.5 Å². The van der Waals surface area contributed by atoms with Crippen LogP contribution in [0.4, 0.5) is 0 Å². The molecule has 0 radical (unpaired) electrons. The molecule has 6 aliphatic heterocycles. The van der Waals surface area contributed by atoms with E-state index >= 15 is 0 Å². The van der Waals surface area contributed by atoms with Crippen molar-refractivity contribution in [3.05, 3.63) is 219 Å². The van der Waals surface area contributed by atoms with Gasteiger partial charge in [-0.3, -0.25) is 0 Å². The van der Waals surface area contributed by atoms with Crippen molar-refractivity contribution in [3.63, 3.8) is 0 Å². The predicted octanol–water partition coefficient (Wildman–Crippen LogP) is 18.4. The molecule has 0 atom stereocenters. The Morgan fingerprint density at radius 2 is 0.753 bits per heavy atom. The van der Waals surface area contributed by atoms with E-state index in [-0.39, 0.29) is 0 Å². The molecule has 81 heavy (non-hydrogen) atoms. The van der Waals surface area contributed by atoms with E-state index in [1.165, 1.54) is 0 Å². The van der Waals surface area contributed by atoms with Crippen LogP contribution in [0.3, 0.4) is 0 Å². The Morgan fingerprint density at radius 3 is 1.16 bits per heavy atom. The van der Waals surface area contributed by atoms with E-state index in [1.54, 1.807) is 0 Å². The highest BCUT2D eigenvalue weighted by Gasteiger charge is 2.65. The Kier molecular flexibility index (Phi) is 10.4. The molecular weight excluding hydrogens is 1270 g/mol. The first-order valence-electron chi connectivity index (χ1n) is 27.4. The highest BCUT2D eigenvalue weighted by atomic mass is 79.9. The summed E-state index contributed by atoms with van der Waals surface area (Å²) in [5.74, 6) is 2.98. The average molecular weight is 1320 g/mol. The first kappa shape index (κ1) is 49.7. The van der Waals surface area contributed by atoms with Crippen LogP contribution in [0.15, 0.2) is 186 Å². The molecule has 14 heteroatoms. The van der Waals surface area contributed by atoms with E-state index in [2.05, 4.69) is 283 Å². The number of aryl methyl sites for hydroxylation is 4. The quantitative estimate of drug-likeness (QED) is 0.154. The monoisotopic (exact) mass is 1310 g/mol. The molecule has 396 valence electrons. The minimum absolute atomic E-state index is 0.744. The first-order valence-corrected chi connectivity index (χ1v) is 30.6. The van der Waals surface area contributed by atoms with Crippen LogP contribution in [0, 0.1) is 27.7 Å². The fourth-order valence-electron chi connectivity index (χ4n) is 15.3. The number of aromatic nitrogens is 2. The average Bonchev–Trinajstić information content (AvgIpc) is 3.03. The molecule has 0 fully saturated rings. The number of halogens is 4. The number of hydrogen-bond acceptors (Lipinski definition) is 4. The van der Waals surface area contributed by atoms with E-state index in [0.29, 0.717) is 0 Å². The summed E-state index contributed by atoms with van der Waals surface area (Å²) in [7, 11) is 0. The van der Waals surface area contributed by atoms with Crippen LogP contribution < -0.4 is 18.6 Å². The van der Waals surface area contributed by atoms with Crippen molar-refractivity contribution in [1.29, 1.82) is 0 Å². The van der Waals surface area contributed by atoms with Crippen LogP contribution in [-0.4, -0.2) is 43.0 Å². The second-order valence-electron chi connectivity index (χ2n) is 22.8. The lowest BCUT2D eigenvalue weighted by Gasteiger charge is -2.43. The summed E-state index contributed by atoms with van der Waals surface area (Å²) in [4.78, 5) is 0. The predicted molar refractivity (Wildman–Crippen MR) is 345 cm³/mol. The molecule has 0 saturated heterocycles. The third kappa shape index (κ3) is 6.53. The van der Waals surface area contributed by atoms with Gasteiger partial charge in [0.05, 0.1) is 34.1 Å². The highest BCUT2D eigenvalue weighted by molar-refractivity contribution is 9.11. The highest BCUT2D eigenvalue weighted by Crippen LogP contribution is 2.57. The van der Waals surface area contributed by atoms with Crippen LogP contribution in [0.5, 0.6) is 23.0 Å². The van der Waals surface area contributed by atoms with Gasteiger partial charge >= 0.3 is 13.6 Å². The number of fused-ring (bicyclic) bond motifs is 22. The summed E-state index contributed by atoms with van der Waals surface area (Å²) in [5, 5.41) is 8.70. The van der Waals surface area contributed by atoms with Gasteiger partial charge in [-0.2, -0.15) is 0 Å². The summed E-state index contributed by atoms with van der Waals surface area (Å²) in [5.41, 5.74) is 20.1. The van der Waals surface area contributed by atoms with Crippen molar-refractivity contribution in [3.8, 4) is 45.3 Å². The Balaban J connectivity index is 0.983. The second kappa shape index (κ2) is 17.0. The van der Waals surface area contributed by atoms with E-state index in [9.17, 15) is 0 Å². The number of allylic oxidation sites excluding steroid dienone is 6. The van der Waals surface area contributed by atoms with E-state index in [0.717, 1.165) is 191 Å². The first-order chi connectivity index (χ1) is 39.0. The Bertz CT molecular complexity index is 4750. The van der Waals surface area contributed by atoms with Crippen molar-refractivity contribution < 1.29 is 27.6 Å². The van der Waals surface area contributed by atoms with Crippen molar-refractivity contribution >= 4 is 143 Å². The van der Waals surface area contributed by atoms with E-state index in [1.807, 2.05) is 0 Å². The van der Waals surface area contributed by atoms with E-state index in [4.69, 9.17) is 18.6 Å². The maximum atomic E-state index is 8.02. The molecule has 0 unspecified atom stereocenters. The summed E-state index contributed by atoms with van der Waals surface area (Å²) in [6.07, 6.45) is 2.30. The molecule has 0 bridgehead atoms. The summed E-state index contributed by atoms with van der Waals surface area (Å²) in [6, 6.07) is 47.8. The standard InChI is InChI=1S/C67H50B2Br4N4O4/c1-33-26-36(4)74-64(33)40(8)67-39(7)58(41(9)77(67)69(74)80-56-24-12-44-31-48(72)16-20-52(44)61(56)62-53-21-17-49(73)32-45(53)13-25-57(62)81-69)63-65-34(2)27-37(5)75(65)68(76-38(6)28-35(3)66(63)76)78-54-22-10-42-29-46(70)14-18-50(42)59(54)60-51-19-15-47(71)30-43(51)11-23-55(60)79-68/h10-32H,1-9H3.